The second kappa shape index (κ2) is 4.77. The van der Waals surface area contributed by atoms with E-state index in [1.165, 1.54) is 0 Å². The lowest BCUT2D eigenvalue weighted by Gasteiger charge is -2.13. The number of hydrazine groups is 1. The molecular weight excluding hydrogens is 294 g/mol. The van der Waals surface area contributed by atoms with Crippen LogP contribution in [0.15, 0.2) is 0 Å². The summed E-state index contributed by atoms with van der Waals surface area (Å²) in [6.45, 7) is 1.79. The number of rotatable bonds is 5. The summed E-state index contributed by atoms with van der Waals surface area (Å²) >= 11 is 0. The van der Waals surface area contributed by atoms with Crippen molar-refractivity contribution in [1.82, 2.24) is 15.9 Å². The third kappa shape index (κ3) is 3.12. The van der Waals surface area contributed by atoms with E-state index in [9.17, 15) is 22.8 Å². The number of hydroxylamine groups is 2. The summed E-state index contributed by atoms with van der Waals surface area (Å²) in [6, 6.07) is 0. The van der Waals surface area contributed by atoms with Gasteiger partial charge in [-0.25, -0.2) is 15.6 Å². The first-order valence-corrected chi connectivity index (χ1v) is 7.21. The van der Waals surface area contributed by atoms with Crippen molar-refractivity contribution >= 4 is 27.9 Å². The quantitative estimate of drug-likeness (QED) is 0.298. The number of carbonyl (C=O) groups is 3. The van der Waals surface area contributed by atoms with Gasteiger partial charge in [-0.05, 0) is 13.3 Å². The Morgan fingerprint density at radius 1 is 1.50 bits per heavy atom. The SMILES string of the molecule is CC1(CCC(=O)ON2C(=O)CC(S(=O)(=O)O)C2=O)NN1. The highest BCUT2D eigenvalue weighted by molar-refractivity contribution is 7.87. The maximum atomic E-state index is 11.6. The van der Waals surface area contributed by atoms with Gasteiger partial charge in [-0.3, -0.25) is 14.1 Å². The average Bonchev–Trinajstić information content (AvgIpc) is 2.99. The Morgan fingerprint density at radius 3 is 2.55 bits per heavy atom. The zero-order chi connectivity index (χ0) is 15.1. The van der Waals surface area contributed by atoms with E-state index in [1.807, 2.05) is 0 Å². The summed E-state index contributed by atoms with van der Waals surface area (Å²) in [5.41, 5.74) is 5.19. The molecule has 0 saturated carbocycles. The van der Waals surface area contributed by atoms with Crippen molar-refractivity contribution in [3.63, 3.8) is 0 Å². The van der Waals surface area contributed by atoms with E-state index in [2.05, 4.69) is 15.7 Å². The van der Waals surface area contributed by atoms with Crippen LogP contribution < -0.4 is 10.9 Å². The monoisotopic (exact) mass is 307 g/mol. The molecule has 2 saturated heterocycles. The van der Waals surface area contributed by atoms with Crippen LogP contribution in [0.3, 0.4) is 0 Å². The standard InChI is InChI=1S/C9H13N3O7S/c1-9(10-11-9)3-2-7(14)19-12-6(13)4-5(8(12)15)20(16,17)18/h5,10-11H,2-4H2,1H3,(H,16,17,18). The van der Waals surface area contributed by atoms with Gasteiger partial charge in [0.25, 0.3) is 21.9 Å². The Labute approximate surface area is 114 Å². The lowest BCUT2D eigenvalue weighted by Crippen LogP contribution is -2.36. The number of imide groups is 1. The molecule has 2 aliphatic rings. The third-order valence-electron chi connectivity index (χ3n) is 3.00. The van der Waals surface area contributed by atoms with Crippen LogP contribution in [-0.2, 0) is 29.3 Å². The van der Waals surface area contributed by atoms with Crippen LogP contribution in [0.1, 0.15) is 26.2 Å². The molecule has 1 atom stereocenters. The first-order valence-electron chi connectivity index (χ1n) is 5.71. The fourth-order valence-electron chi connectivity index (χ4n) is 1.64. The van der Waals surface area contributed by atoms with Crippen LogP contribution >= 0.6 is 0 Å². The molecule has 11 heteroatoms. The van der Waals surface area contributed by atoms with Crippen molar-refractivity contribution in [3.8, 4) is 0 Å². The van der Waals surface area contributed by atoms with Gasteiger partial charge in [0.05, 0.1) is 18.5 Å². The molecule has 10 nitrogen and oxygen atoms in total. The summed E-state index contributed by atoms with van der Waals surface area (Å²) < 4.78 is 30.6. The van der Waals surface area contributed by atoms with E-state index in [0.717, 1.165) is 0 Å². The Balaban J connectivity index is 1.93. The van der Waals surface area contributed by atoms with Gasteiger partial charge < -0.3 is 4.84 Å². The van der Waals surface area contributed by atoms with Gasteiger partial charge in [-0.2, -0.15) is 8.42 Å². The topological polar surface area (TPSA) is 162 Å². The zero-order valence-electron chi connectivity index (χ0n) is 10.5. The van der Waals surface area contributed by atoms with Crippen molar-refractivity contribution in [3.05, 3.63) is 0 Å². The largest absolute Gasteiger partial charge is 0.333 e. The Kier molecular flexibility index (Phi) is 3.54. The number of hydrogen-bond donors (Lipinski definition) is 3. The highest BCUT2D eigenvalue weighted by atomic mass is 32.2. The van der Waals surface area contributed by atoms with Crippen molar-refractivity contribution < 1.29 is 32.2 Å². The average molecular weight is 307 g/mol. The number of carbonyl (C=O) groups excluding carboxylic acids is 3. The van der Waals surface area contributed by atoms with E-state index < -0.39 is 39.6 Å². The molecule has 0 bridgehead atoms. The van der Waals surface area contributed by atoms with Crippen molar-refractivity contribution in [2.45, 2.75) is 37.1 Å². The van der Waals surface area contributed by atoms with Crippen LogP contribution in [0.4, 0.5) is 0 Å². The van der Waals surface area contributed by atoms with Gasteiger partial charge in [-0.1, -0.05) is 0 Å². The van der Waals surface area contributed by atoms with Crippen LogP contribution in [0.25, 0.3) is 0 Å². The first-order chi connectivity index (χ1) is 9.12. The van der Waals surface area contributed by atoms with Crippen LogP contribution in [0.2, 0.25) is 0 Å². The molecule has 2 fully saturated rings. The Morgan fingerprint density at radius 2 is 2.10 bits per heavy atom. The number of nitrogens with zero attached hydrogens (tertiary/aromatic N) is 1. The predicted octanol–water partition coefficient (Wildman–Crippen LogP) is -1.94. The molecule has 0 aliphatic carbocycles. The molecule has 2 rings (SSSR count). The van der Waals surface area contributed by atoms with Crippen molar-refractivity contribution in [2.24, 2.45) is 0 Å². The summed E-state index contributed by atoms with van der Waals surface area (Å²) in [5.74, 6) is -3.10. The molecule has 0 radical (unpaired) electrons. The van der Waals surface area contributed by atoms with Gasteiger partial charge in [0.1, 0.15) is 0 Å². The molecule has 112 valence electrons. The van der Waals surface area contributed by atoms with Crippen LogP contribution in [0.5, 0.6) is 0 Å². The second-order valence-corrected chi connectivity index (χ2v) is 6.38. The summed E-state index contributed by atoms with van der Waals surface area (Å²) in [4.78, 5) is 39.0. The van der Waals surface area contributed by atoms with Gasteiger partial charge >= 0.3 is 5.97 Å². The van der Waals surface area contributed by atoms with Gasteiger partial charge in [0.2, 0.25) is 0 Å². The van der Waals surface area contributed by atoms with E-state index in [4.69, 9.17) is 4.55 Å². The normalized spacial score (nSPS) is 24.9. The molecule has 1 unspecified atom stereocenters. The Hall–Kier alpha value is -1.56. The molecule has 0 aromatic rings. The lowest BCUT2D eigenvalue weighted by atomic mass is 10.1. The Bertz CT molecular complexity index is 568. The zero-order valence-corrected chi connectivity index (χ0v) is 11.3. The first kappa shape index (κ1) is 14.8. The third-order valence-corrected chi connectivity index (χ3v) is 4.08. The molecule has 2 heterocycles. The molecule has 0 aromatic carbocycles. The molecule has 2 amide bonds. The smallest absolute Gasteiger partial charge is 0.330 e. The van der Waals surface area contributed by atoms with Crippen molar-refractivity contribution in [2.75, 3.05) is 0 Å². The minimum atomic E-state index is -4.70. The summed E-state index contributed by atoms with van der Waals surface area (Å²) in [5, 5.41) is -1.82. The molecular formula is C9H13N3O7S. The molecule has 0 spiro atoms. The number of nitrogens with one attached hydrogen (secondary N) is 2. The van der Waals surface area contributed by atoms with E-state index in [-0.39, 0.29) is 17.1 Å². The molecule has 0 aromatic heterocycles. The highest BCUT2D eigenvalue weighted by Crippen LogP contribution is 2.21. The van der Waals surface area contributed by atoms with Gasteiger partial charge in [0.15, 0.2) is 5.25 Å². The van der Waals surface area contributed by atoms with E-state index >= 15 is 0 Å². The van der Waals surface area contributed by atoms with Crippen LogP contribution in [0, 0.1) is 0 Å². The summed E-state index contributed by atoms with van der Waals surface area (Å²) in [6.07, 6.45) is -0.459. The predicted molar refractivity (Wildman–Crippen MR) is 61.8 cm³/mol. The molecule has 3 N–H and O–H groups in total. The minimum Gasteiger partial charge on any atom is -0.330 e. The fraction of sp³-hybridized carbons (Fsp3) is 0.667. The van der Waals surface area contributed by atoms with Crippen molar-refractivity contribution in [1.29, 1.82) is 0 Å². The van der Waals surface area contributed by atoms with Gasteiger partial charge in [-0.15, -0.1) is 5.06 Å². The molecule has 2 aliphatic heterocycles. The van der Waals surface area contributed by atoms with Gasteiger partial charge in [0, 0.05) is 0 Å². The number of hydrogen-bond acceptors (Lipinski definition) is 8. The fourth-order valence-corrected chi connectivity index (χ4v) is 2.35. The summed E-state index contributed by atoms with van der Waals surface area (Å²) in [7, 11) is -4.70. The second-order valence-electron chi connectivity index (χ2n) is 4.78. The highest BCUT2D eigenvalue weighted by Gasteiger charge is 2.48. The van der Waals surface area contributed by atoms with E-state index in [0.29, 0.717) is 6.42 Å². The van der Waals surface area contributed by atoms with Crippen LogP contribution in [-0.4, -0.2) is 46.7 Å². The lowest BCUT2D eigenvalue weighted by molar-refractivity contribution is -0.197. The van der Waals surface area contributed by atoms with E-state index in [1.54, 1.807) is 6.92 Å². The number of amides is 2. The maximum Gasteiger partial charge on any atom is 0.333 e. The molecule has 20 heavy (non-hydrogen) atoms. The maximum absolute atomic E-state index is 11.6. The minimum absolute atomic E-state index is 0.0793.